The van der Waals surface area contributed by atoms with Crippen LogP contribution in [0.3, 0.4) is 0 Å². The van der Waals surface area contributed by atoms with E-state index in [1.807, 2.05) is 0 Å². The first-order valence-corrected chi connectivity index (χ1v) is 5.94. The second kappa shape index (κ2) is 5.15. The zero-order chi connectivity index (χ0) is 12.3. The lowest BCUT2D eigenvalue weighted by atomic mass is 9.89. The Bertz CT molecular complexity index is 247. The maximum absolute atomic E-state index is 11.5. The minimum absolute atomic E-state index is 0.233. The molecule has 1 aliphatic heterocycles. The van der Waals surface area contributed by atoms with Crippen LogP contribution >= 0.6 is 0 Å². The Morgan fingerprint density at radius 2 is 1.94 bits per heavy atom. The number of ether oxygens (including phenoxy) is 1. The molecule has 0 aliphatic carbocycles. The van der Waals surface area contributed by atoms with Gasteiger partial charge in [0.05, 0.1) is 6.61 Å². The molecule has 16 heavy (non-hydrogen) atoms. The lowest BCUT2D eigenvalue weighted by molar-refractivity contribution is -0.160. The second-order valence-electron chi connectivity index (χ2n) is 5.05. The van der Waals surface area contributed by atoms with Crippen molar-refractivity contribution in [2.75, 3.05) is 13.7 Å². The highest BCUT2D eigenvalue weighted by atomic mass is 16.5. The lowest BCUT2D eigenvalue weighted by Gasteiger charge is -2.48. The number of aliphatic carboxylic acids is 1. The van der Waals surface area contributed by atoms with Crippen molar-refractivity contribution in [3.63, 3.8) is 0 Å². The van der Waals surface area contributed by atoms with Crippen LogP contribution in [0.1, 0.15) is 40.0 Å². The summed E-state index contributed by atoms with van der Waals surface area (Å²) in [6.45, 7) is 6.20. The molecule has 1 saturated heterocycles. The van der Waals surface area contributed by atoms with E-state index in [1.165, 1.54) is 6.42 Å². The maximum Gasteiger partial charge on any atom is 0.326 e. The summed E-state index contributed by atoms with van der Waals surface area (Å²) >= 11 is 0. The van der Waals surface area contributed by atoms with E-state index in [4.69, 9.17) is 4.74 Å². The Kier molecular flexibility index (Phi) is 4.33. The summed E-state index contributed by atoms with van der Waals surface area (Å²) < 4.78 is 5.10. The molecule has 0 saturated carbocycles. The van der Waals surface area contributed by atoms with Crippen molar-refractivity contribution < 1.29 is 14.6 Å². The molecule has 94 valence electrons. The number of likely N-dealkylation sites (tertiary alicyclic amines) is 1. The lowest BCUT2D eigenvalue weighted by Crippen LogP contribution is -2.62. The monoisotopic (exact) mass is 229 g/mol. The van der Waals surface area contributed by atoms with Gasteiger partial charge in [-0.3, -0.25) is 9.69 Å². The summed E-state index contributed by atoms with van der Waals surface area (Å²) in [6, 6.07) is 0.611. The number of nitrogens with zero attached hydrogens (tertiary/aromatic N) is 1. The fourth-order valence-corrected chi connectivity index (χ4v) is 2.92. The second-order valence-corrected chi connectivity index (χ2v) is 5.05. The highest BCUT2D eigenvalue weighted by molar-refractivity contribution is 5.78. The molecule has 3 atom stereocenters. The van der Waals surface area contributed by atoms with Crippen LogP contribution in [0.4, 0.5) is 0 Å². The Hall–Kier alpha value is -0.610. The highest BCUT2D eigenvalue weighted by Gasteiger charge is 2.45. The third-order valence-corrected chi connectivity index (χ3v) is 3.65. The molecular weight excluding hydrogens is 206 g/mol. The van der Waals surface area contributed by atoms with Crippen LogP contribution in [0.2, 0.25) is 0 Å². The number of hydrogen-bond donors (Lipinski definition) is 1. The quantitative estimate of drug-likeness (QED) is 0.797. The molecule has 1 aliphatic rings. The van der Waals surface area contributed by atoms with Gasteiger partial charge in [-0.15, -0.1) is 0 Å². The van der Waals surface area contributed by atoms with Gasteiger partial charge >= 0.3 is 5.97 Å². The summed E-state index contributed by atoms with van der Waals surface area (Å²) in [5.41, 5.74) is -0.909. The van der Waals surface area contributed by atoms with Gasteiger partial charge in [0.25, 0.3) is 0 Å². The molecule has 0 spiro atoms. The number of hydrogen-bond acceptors (Lipinski definition) is 3. The fraction of sp³-hybridized carbons (Fsp3) is 0.917. The van der Waals surface area contributed by atoms with Crippen LogP contribution in [0.25, 0.3) is 0 Å². The number of carboxylic acid groups (broad SMARTS) is 1. The summed E-state index contributed by atoms with van der Waals surface area (Å²) in [5.74, 6) is -0.796. The van der Waals surface area contributed by atoms with E-state index in [9.17, 15) is 9.90 Å². The van der Waals surface area contributed by atoms with Crippen molar-refractivity contribution in [2.45, 2.75) is 57.7 Å². The van der Waals surface area contributed by atoms with E-state index < -0.39 is 11.5 Å². The molecule has 0 bridgehead atoms. The van der Waals surface area contributed by atoms with Gasteiger partial charge in [0.1, 0.15) is 5.54 Å². The molecule has 0 aromatic heterocycles. The van der Waals surface area contributed by atoms with Gasteiger partial charge < -0.3 is 9.84 Å². The van der Waals surface area contributed by atoms with Crippen LogP contribution in [0.5, 0.6) is 0 Å². The molecule has 1 rings (SSSR count). The Labute approximate surface area is 97.6 Å². The summed E-state index contributed by atoms with van der Waals surface area (Å²) in [7, 11) is 1.56. The Morgan fingerprint density at radius 1 is 1.44 bits per heavy atom. The Balaban J connectivity index is 2.95. The van der Waals surface area contributed by atoms with E-state index in [-0.39, 0.29) is 6.61 Å². The predicted molar refractivity (Wildman–Crippen MR) is 62.5 cm³/mol. The predicted octanol–water partition coefficient (Wildman–Crippen LogP) is 1.74. The normalized spacial score (nSPS) is 31.0. The van der Waals surface area contributed by atoms with Gasteiger partial charge in [-0.05, 0) is 33.6 Å². The van der Waals surface area contributed by atoms with Crippen LogP contribution < -0.4 is 0 Å². The van der Waals surface area contributed by atoms with E-state index in [2.05, 4.69) is 18.7 Å². The zero-order valence-electron chi connectivity index (χ0n) is 10.7. The van der Waals surface area contributed by atoms with Crippen LogP contribution in [0, 0.1) is 0 Å². The van der Waals surface area contributed by atoms with Crippen molar-refractivity contribution in [3.8, 4) is 0 Å². The van der Waals surface area contributed by atoms with Gasteiger partial charge in [-0.1, -0.05) is 6.42 Å². The van der Waals surface area contributed by atoms with Crippen molar-refractivity contribution in [1.29, 1.82) is 0 Å². The summed E-state index contributed by atoms with van der Waals surface area (Å²) in [5, 5.41) is 9.43. The van der Waals surface area contributed by atoms with Gasteiger partial charge in [-0.2, -0.15) is 0 Å². The fourth-order valence-electron chi connectivity index (χ4n) is 2.92. The van der Waals surface area contributed by atoms with Crippen molar-refractivity contribution >= 4 is 5.97 Å². The molecule has 4 heteroatoms. The molecule has 0 amide bonds. The van der Waals surface area contributed by atoms with E-state index in [0.717, 1.165) is 12.8 Å². The van der Waals surface area contributed by atoms with Crippen molar-refractivity contribution in [2.24, 2.45) is 0 Å². The van der Waals surface area contributed by atoms with E-state index in [1.54, 1.807) is 14.0 Å². The molecule has 3 unspecified atom stereocenters. The molecule has 1 heterocycles. The summed E-state index contributed by atoms with van der Waals surface area (Å²) in [6.07, 6.45) is 3.31. The number of methoxy groups -OCH3 is 1. The number of carbonyl (C=O) groups is 1. The van der Waals surface area contributed by atoms with E-state index >= 15 is 0 Å². The SMILES string of the molecule is COCC(C)(C(=O)O)N1C(C)CCCC1C. The van der Waals surface area contributed by atoms with Gasteiger partial charge in [0.2, 0.25) is 0 Å². The minimum atomic E-state index is -0.909. The van der Waals surface area contributed by atoms with Crippen LogP contribution in [-0.4, -0.2) is 47.3 Å². The van der Waals surface area contributed by atoms with Crippen LogP contribution in [-0.2, 0) is 9.53 Å². The standard InChI is InChI=1S/C12H23NO3/c1-9-6-5-7-10(2)13(9)12(3,8-16-4)11(14)15/h9-10H,5-8H2,1-4H3,(H,14,15). The number of rotatable bonds is 4. The first-order valence-electron chi connectivity index (χ1n) is 5.94. The zero-order valence-corrected chi connectivity index (χ0v) is 10.7. The first-order chi connectivity index (χ1) is 7.43. The third kappa shape index (κ3) is 2.38. The van der Waals surface area contributed by atoms with Gasteiger partial charge in [0, 0.05) is 19.2 Å². The first kappa shape index (κ1) is 13.5. The van der Waals surface area contributed by atoms with Crippen molar-refractivity contribution in [1.82, 2.24) is 4.90 Å². The minimum Gasteiger partial charge on any atom is -0.480 e. The number of carboxylic acids is 1. The van der Waals surface area contributed by atoms with E-state index in [0.29, 0.717) is 12.1 Å². The third-order valence-electron chi connectivity index (χ3n) is 3.65. The smallest absolute Gasteiger partial charge is 0.326 e. The molecule has 4 nitrogen and oxygen atoms in total. The topological polar surface area (TPSA) is 49.8 Å². The average Bonchev–Trinajstić information content (AvgIpc) is 2.17. The van der Waals surface area contributed by atoms with Gasteiger partial charge in [0.15, 0.2) is 0 Å². The molecular formula is C12H23NO3. The largest absolute Gasteiger partial charge is 0.480 e. The number of piperidine rings is 1. The maximum atomic E-state index is 11.5. The molecule has 1 N–H and O–H groups in total. The summed E-state index contributed by atoms with van der Waals surface area (Å²) in [4.78, 5) is 13.6. The highest BCUT2D eigenvalue weighted by Crippen LogP contribution is 2.30. The molecule has 0 aromatic carbocycles. The molecule has 1 fully saturated rings. The van der Waals surface area contributed by atoms with Gasteiger partial charge in [-0.25, -0.2) is 0 Å². The van der Waals surface area contributed by atoms with Crippen LogP contribution in [0.15, 0.2) is 0 Å². The average molecular weight is 229 g/mol. The Morgan fingerprint density at radius 3 is 2.31 bits per heavy atom. The van der Waals surface area contributed by atoms with Crippen molar-refractivity contribution in [3.05, 3.63) is 0 Å². The molecule has 0 radical (unpaired) electrons. The molecule has 0 aromatic rings.